The fraction of sp³-hybridized carbons (Fsp3) is 0.865. The lowest BCUT2D eigenvalue weighted by Gasteiger charge is -2.30. The van der Waals surface area contributed by atoms with Gasteiger partial charge in [-0.25, -0.2) is 0 Å². The lowest BCUT2D eigenvalue weighted by Crippen LogP contribution is -2.46. The normalized spacial score (nSPS) is 15.0. The Bertz CT molecular complexity index is 814. The highest BCUT2D eigenvalue weighted by molar-refractivity contribution is 7.45. The summed E-state index contributed by atoms with van der Waals surface area (Å²) < 4.78 is 23.1. The van der Waals surface area contributed by atoms with Gasteiger partial charge in [0.05, 0.1) is 39.9 Å². The van der Waals surface area contributed by atoms with Gasteiger partial charge >= 0.3 is 0 Å². The molecule has 1 unspecified atom stereocenters. The number of allylic oxidation sites excluding steroid dienone is 4. The SMILES string of the molecule is CCCCC/C=C/C/C=C/CCCCCCCC(=O)N[C@@H](COP(=O)([O-])OCC[N+](C)(C)C)[C@H](O)CCCCCCCCCCC. The molecule has 0 heterocycles. The average Bonchev–Trinajstić information content (AvgIpc) is 2.99. The van der Waals surface area contributed by atoms with Crippen molar-refractivity contribution >= 4 is 13.7 Å². The van der Waals surface area contributed by atoms with Crippen molar-refractivity contribution in [3.63, 3.8) is 0 Å². The van der Waals surface area contributed by atoms with E-state index >= 15 is 0 Å². The van der Waals surface area contributed by atoms with Crippen molar-refractivity contribution in [2.24, 2.45) is 0 Å². The lowest BCUT2D eigenvalue weighted by molar-refractivity contribution is -0.870. The Morgan fingerprint density at radius 2 is 1.26 bits per heavy atom. The first-order chi connectivity index (χ1) is 22.0. The molecule has 0 aliphatic heterocycles. The molecule has 1 amide bonds. The maximum Gasteiger partial charge on any atom is 0.268 e. The Balaban J connectivity index is 4.47. The van der Waals surface area contributed by atoms with E-state index in [0.717, 1.165) is 64.2 Å². The van der Waals surface area contributed by atoms with Crippen molar-refractivity contribution in [3.05, 3.63) is 24.3 Å². The van der Waals surface area contributed by atoms with Crippen molar-refractivity contribution in [2.75, 3.05) is 40.9 Å². The van der Waals surface area contributed by atoms with Crippen LogP contribution in [0.3, 0.4) is 0 Å². The second-order valence-electron chi connectivity index (χ2n) is 13.9. The third-order valence-corrected chi connectivity index (χ3v) is 9.16. The zero-order chi connectivity index (χ0) is 34.4. The van der Waals surface area contributed by atoms with Crippen molar-refractivity contribution in [3.8, 4) is 0 Å². The number of hydrogen-bond acceptors (Lipinski definition) is 6. The van der Waals surface area contributed by atoms with Crippen LogP contribution in [0.1, 0.15) is 155 Å². The molecule has 0 aromatic heterocycles. The number of nitrogens with one attached hydrogen (secondary N) is 1. The molecule has 46 heavy (non-hydrogen) atoms. The van der Waals surface area contributed by atoms with E-state index in [1.54, 1.807) is 0 Å². The molecule has 0 aliphatic rings. The molecule has 0 aromatic rings. The summed E-state index contributed by atoms with van der Waals surface area (Å²) in [6.07, 6.45) is 31.8. The summed E-state index contributed by atoms with van der Waals surface area (Å²) in [5, 5.41) is 13.8. The molecule has 0 aromatic carbocycles. The number of phosphoric ester groups is 1. The van der Waals surface area contributed by atoms with Crippen molar-refractivity contribution in [2.45, 2.75) is 167 Å². The number of aliphatic hydroxyl groups excluding tert-OH is 1. The van der Waals surface area contributed by atoms with Crippen LogP contribution in [0.5, 0.6) is 0 Å². The lowest BCUT2D eigenvalue weighted by atomic mass is 10.0. The highest BCUT2D eigenvalue weighted by Crippen LogP contribution is 2.38. The number of carbonyl (C=O) groups excluding carboxylic acids is 1. The smallest absolute Gasteiger partial charge is 0.268 e. The molecule has 0 saturated heterocycles. The maximum atomic E-state index is 12.7. The molecule has 0 rings (SSSR count). The zero-order valence-corrected chi connectivity index (χ0v) is 31.4. The summed E-state index contributed by atoms with van der Waals surface area (Å²) in [4.78, 5) is 25.1. The summed E-state index contributed by atoms with van der Waals surface area (Å²) in [6, 6.07) is -0.802. The molecule has 0 saturated carbocycles. The second kappa shape index (κ2) is 30.1. The van der Waals surface area contributed by atoms with E-state index in [0.29, 0.717) is 23.9 Å². The number of quaternary nitrogens is 1. The van der Waals surface area contributed by atoms with Gasteiger partial charge in [0.15, 0.2) is 0 Å². The van der Waals surface area contributed by atoms with Gasteiger partial charge < -0.3 is 28.8 Å². The molecule has 3 atom stereocenters. The molecule has 9 heteroatoms. The first-order valence-corrected chi connectivity index (χ1v) is 20.1. The molecular weight excluding hydrogens is 599 g/mol. The van der Waals surface area contributed by atoms with Crippen LogP contribution < -0.4 is 10.2 Å². The Hall–Kier alpha value is -1.02. The van der Waals surface area contributed by atoms with E-state index in [-0.39, 0.29) is 19.1 Å². The van der Waals surface area contributed by atoms with Crippen LogP contribution in [0.25, 0.3) is 0 Å². The fourth-order valence-electron chi connectivity index (χ4n) is 5.13. The second-order valence-corrected chi connectivity index (χ2v) is 15.3. The van der Waals surface area contributed by atoms with Gasteiger partial charge in [-0.05, 0) is 44.9 Å². The van der Waals surface area contributed by atoms with E-state index in [4.69, 9.17) is 9.05 Å². The van der Waals surface area contributed by atoms with Crippen molar-refractivity contribution in [1.82, 2.24) is 5.32 Å². The van der Waals surface area contributed by atoms with Gasteiger partial charge in [-0.15, -0.1) is 0 Å². The zero-order valence-electron chi connectivity index (χ0n) is 30.5. The first-order valence-electron chi connectivity index (χ1n) is 18.7. The van der Waals surface area contributed by atoms with Gasteiger partial charge in [-0.2, -0.15) is 0 Å². The Morgan fingerprint density at radius 3 is 1.85 bits per heavy atom. The first kappa shape index (κ1) is 45.0. The molecule has 0 aliphatic carbocycles. The molecule has 0 radical (unpaired) electrons. The number of aliphatic hydroxyl groups is 1. The molecule has 0 spiro atoms. The number of hydrogen-bond donors (Lipinski definition) is 2. The van der Waals surface area contributed by atoms with Crippen LogP contribution in [0.2, 0.25) is 0 Å². The van der Waals surface area contributed by atoms with Crippen molar-refractivity contribution < 1.29 is 32.9 Å². The third-order valence-electron chi connectivity index (χ3n) is 8.19. The minimum atomic E-state index is -4.55. The molecule has 0 bridgehead atoms. The predicted octanol–water partition coefficient (Wildman–Crippen LogP) is 8.77. The van der Waals surface area contributed by atoms with Crippen molar-refractivity contribution in [1.29, 1.82) is 0 Å². The number of phosphoric acid groups is 1. The Morgan fingerprint density at radius 1 is 0.761 bits per heavy atom. The number of rotatable bonds is 33. The molecular formula is C37H73N2O6P. The van der Waals surface area contributed by atoms with E-state index in [1.807, 2.05) is 21.1 Å². The van der Waals surface area contributed by atoms with Gasteiger partial charge in [-0.3, -0.25) is 9.36 Å². The maximum absolute atomic E-state index is 12.7. The highest BCUT2D eigenvalue weighted by atomic mass is 31.2. The van der Waals surface area contributed by atoms with Crippen LogP contribution in [0.4, 0.5) is 0 Å². The van der Waals surface area contributed by atoms with E-state index < -0.39 is 20.0 Å². The van der Waals surface area contributed by atoms with Gasteiger partial charge in [0.25, 0.3) is 7.82 Å². The third kappa shape index (κ3) is 31.6. The quantitative estimate of drug-likeness (QED) is 0.0312. The van der Waals surface area contributed by atoms with Crippen LogP contribution >= 0.6 is 7.82 Å². The largest absolute Gasteiger partial charge is 0.756 e. The van der Waals surface area contributed by atoms with Gasteiger partial charge in [-0.1, -0.05) is 128 Å². The Labute approximate surface area is 284 Å². The van der Waals surface area contributed by atoms with E-state index in [1.165, 1.54) is 64.2 Å². The van der Waals surface area contributed by atoms with Crippen LogP contribution in [0, 0.1) is 0 Å². The molecule has 0 fully saturated rings. The Kier molecular flexibility index (Phi) is 29.4. The summed E-state index contributed by atoms with van der Waals surface area (Å²) in [6.45, 7) is 4.63. The topological polar surface area (TPSA) is 108 Å². The fourth-order valence-corrected chi connectivity index (χ4v) is 5.85. The monoisotopic (exact) mass is 673 g/mol. The van der Waals surface area contributed by atoms with E-state index in [2.05, 4.69) is 43.5 Å². The minimum Gasteiger partial charge on any atom is -0.756 e. The predicted molar refractivity (Wildman–Crippen MR) is 192 cm³/mol. The van der Waals surface area contributed by atoms with Gasteiger partial charge in [0.1, 0.15) is 13.2 Å². The van der Waals surface area contributed by atoms with Crippen LogP contribution in [-0.2, 0) is 18.4 Å². The summed E-state index contributed by atoms with van der Waals surface area (Å²) >= 11 is 0. The number of nitrogens with zero attached hydrogens (tertiary/aromatic N) is 1. The van der Waals surface area contributed by atoms with Gasteiger partial charge in [0, 0.05) is 6.42 Å². The standard InChI is InChI=1S/C37H73N2O6P/c1-6-8-10-12-14-16-17-18-19-20-21-23-25-27-29-31-37(41)38-35(34-45-46(42,43)44-33-32-39(3,4)5)36(40)30-28-26-24-22-15-13-11-9-7-2/h14,16,18-19,35-36,40H,6-13,15,17,20-34H2,1-5H3,(H-,38,41,42,43)/b16-14+,19-18+/t35-,36+/m0/s1. The average molecular weight is 673 g/mol. The summed E-state index contributed by atoms with van der Waals surface area (Å²) in [7, 11) is 1.29. The van der Waals surface area contributed by atoms with Gasteiger partial charge in [0.2, 0.25) is 5.91 Å². The number of unbranched alkanes of at least 4 members (excludes halogenated alkanes) is 16. The summed E-state index contributed by atoms with van der Waals surface area (Å²) in [5.74, 6) is -0.183. The molecule has 2 N–H and O–H groups in total. The van der Waals surface area contributed by atoms with Crippen LogP contribution in [-0.4, -0.2) is 68.5 Å². The highest BCUT2D eigenvalue weighted by Gasteiger charge is 2.24. The number of likely N-dealkylation sites (N-methyl/N-ethyl adjacent to an activating group) is 1. The molecule has 272 valence electrons. The molecule has 8 nitrogen and oxygen atoms in total. The number of amides is 1. The number of carbonyl (C=O) groups is 1. The van der Waals surface area contributed by atoms with Crippen LogP contribution in [0.15, 0.2) is 24.3 Å². The van der Waals surface area contributed by atoms with E-state index in [9.17, 15) is 19.4 Å². The minimum absolute atomic E-state index is 0.00905. The summed E-state index contributed by atoms with van der Waals surface area (Å²) in [5.41, 5.74) is 0.